The Hall–Kier alpha value is -1.59. The van der Waals surface area contributed by atoms with Gasteiger partial charge in [0.1, 0.15) is 11.9 Å². The number of benzene rings is 1. The normalized spacial score (nSPS) is 29.1. The van der Waals surface area contributed by atoms with Crippen molar-refractivity contribution in [3.63, 3.8) is 0 Å². The molecule has 3 unspecified atom stereocenters. The molecule has 0 bridgehead atoms. The first-order valence-electron chi connectivity index (χ1n) is 7.59. The van der Waals surface area contributed by atoms with Crippen molar-refractivity contribution in [2.24, 2.45) is 0 Å². The van der Waals surface area contributed by atoms with Gasteiger partial charge in [0.25, 0.3) is 0 Å². The van der Waals surface area contributed by atoms with Gasteiger partial charge in [-0.05, 0) is 38.0 Å². The third kappa shape index (κ3) is 2.76. The lowest BCUT2D eigenvalue weighted by Gasteiger charge is -2.32. The number of hydrogen-bond donors (Lipinski definition) is 1. The Kier molecular flexibility index (Phi) is 4.12. The Morgan fingerprint density at radius 2 is 2.14 bits per heavy atom. The monoisotopic (exact) mass is 290 g/mol. The topological polar surface area (TPSA) is 50.8 Å². The number of amides is 1. The second kappa shape index (κ2) is 6.03. The van der Waals surface area contributed by atoms with Gasteiger partial charge in [-0.3, -0.25) is 10.1 Å². The van der Waals surface area contributed by atoms with Crippen molar-refractivity contribution in [1.82, 2.24) is 10.2 Å². The highest BCUT2D eigenvalue weighted by molar-refractivity contribution is 5.81. The molecule has 114 valence electrons. The average Bonchev–Trinajstić information content (AvgIpc) is 3.06. The first-order valence-corrected chi connectivity index (χ1v) is 7.59. The summed E-state index contributed by atoms with van der Waals surface area (Å²) in [6.07, 6.45) is 0.934. The highest BCUT2D eigenvalue weighted by atomic mass is 16.5. The van der Waals surface area contributed by atoms with Crippen molar-refractivity contribution in [2.45, 2.75) is 38.6 Å². The van der Waals surface area contributed by atoms with Gasteiger partial charge < -0.3 is 14.4 Å². The fourth-order valence-corrected chi connectivity index (χ4v) is 3.17. The highest BCUT2D eigenvalue weighted by Crippen LogP contribution is 2.31. The van der Waals surface area contributed by atoms with Crippen LogP contribution in [-0.2, 0) is 9.53 Å². The fourth-order valence-electron chi connectivity index (χ4n) is 3.17. The maximum atomic E-state index is 12.2. The molecule has 3 atom stereocenters. The Morgan fingerprint density at radius 1 is 1.38 bits per heavy atom. The van der Waals surface area contributed by atoms with Crippen molar-refractivity contribution >= 4 is 5.91 Å². The Balaban J connectivity index is 1.81. The van der Waals surface area contributed by atoms with Crippen LogP contribution in [-0.4, -0.2) is 42.7 Å². The number of nitrogens with zero attached hydrogens (tertiary/aromatic N) is 1. The van der Waals surface area contributed by atoms with E-state index in [1.807, 2.05) is 43.0 Å². The minimum absolute atomic E-state index is 0.0673. The summed E-state index contributed by atoms with van der Waals surface area (Å²) in [6, 6.07) is 8.11. The molecular formula is C16H22N2O3. The smallest absolute Gasteiger partial charge is 0.238 e. The average molecular weight is 290 g/mol. The van der Waals surface area contributed by atoms with Crippen LogP contribution in [0.5, 0.6) is 5.75 Å². The van der Waals surface area contributed by atoms with Gasteiger partial charge in [0.2, 0.25) is 5.91 Å². The van der Waals surface area contributed by atoms with Gasteiger partial charge >= 0.3 is 0 Å². The fraction of sp³-hybridized carbons (Fsp3) is 0.562. The van der Waals surface area contributed by atoms with Crippen LogP contribution in [0.2, 0.25) is 0 Å². The molecular weight excluding hydrogens is 268 g/mol. The molecule has 5 heteroatoms. The van der Waals surface area contributed by atoms with Crippen LogP contribution in [0.25, 0.3) is 0 Å². The van der Waals surface area contributed by atoms with Gasteiger partial charge in [-0.2, -0.15) is 0 Å². The van der Waals surface area contributed by atoms with Crippen LogP contribution in [0.4, 0.5) is 0 Å². The molecule has 2 saturated heterocycles. The zero-order valence-electron chi connectivity index (χ0n) is 12.5. The van der Waals surface area contributed by atoms with Gasteiger partial charge in [0.05, 0.1) is 25.3 Å². The van der Waals surface area contributed by atoms with E-state index in [4.69, 9.17) is 9.47 Å². The molecule has 0 saturated carbocycles. The predicted molar refractivity (Wildman–Crippen MR) is 79.0 cm³/mol. The zero-order valence-corrected chi connectivity index (χ0v) is 12.5. The second-order valence-corrected chi connectivity index (χ2v) is 5.52. The Labute approximate surface area is 125 Å². The number of ether oxygens (including phenoxy) is 2. The van der Waals surface area contributed by atoms with Crippen LogP contribution >= 0.6 is 0 Å². The van der Waals surface area contributed by atoms with Crippen LogP contribution in [0.3, 0.4) is 0 Å². The van der Waals surface area contributed by atoms with Crippen LogP contribution in [0, 0.1) is 0 Å². The maximum Gasteiger partial charge on any atom is 0.238 e. The third-order valence-corrected chi connectivity index (χ3v) is 4.21. The van der Waals surface area contributed by atoms with E-state index in [-0.39, 0.29) is 24.2 Å². The van der Waals surface area contributed by atoms with Crippen LogP contribution < -0.4 is 10.1 Å². The summed E-state index contributed by atoms with van der Waals surface area (Å²) in [4.78, 5) is 14.2. The molecule has 21 heavy (non-hydrogen) atoms. The van der Waals surface area contributed by atoms with Crippen molar-refractivity contribution in [3.05, 3.63) is 29.8 Å². The van der Waals surface area contributed by atoms with E-state index in [2.05, 4.69) is 5.32 Å². The molecule has 3 rings (SSSR count). The summed E-state index contributed by atoms with van der Waals surface area (Å²) in [5.74, 6) is 1.01. The summed E-state index contributed by atoms with van der Waals surface area (Å²) in [5.41, 5.74) is 1.09. The van der Waals surface area contributed by atoms with E-state index in [0.29, 0.717) is 13.2 Å². The second-order valence-electron chi connectivity index (χ2n) is 5.52. The molecule has 1 aromatic rings. The van der Waals surface area contributed by atoms with Crippen molar-refractivity contribution in [2.75, 3.05) is 19.8 Å². The SMILES string of the molecule is CCOc1ccc(C2NCC(=O)N2C2CCOC2C)cc1. The molecule has 0 radical (unpaired) electrons. The molecule has 0 aromatic heterocycles. The zero-order chi connectivity index (χ0) is 14.8. The van der Waals surface area contributed by atoms with Crippen LogP contribution in [0.15, 0.2) is 24.3 Å². The lowest BCUT2D eigenvalue weighted by molar-refractivity contribution is -0.131. The summed E-state index contributed by atoms with van der Waals surface area (Å²) < 4.78 is 11.1. The molecule has 2 aliphatic rings. The summed E-state index contributed by atoms with van der Waals surface area (Å²) >= 11 is 0. The Morgan fingerprint density at radius 3 is 2.76 bits per heavy atom. The van der Waals surface area contributed by atoms with Crippen molar-refractivity contribution in [1.29, 1.82) is 0 Å². The number of carbonyl (C=O) groups excluding carboxylic acids is 1. The van der Waals surface area contributed by atoms with Gasteiger partial charge in [-0.15, -0.1) is 0 Å². The maximum absolute atomic E-state index is 12.2. The van der Waals surface area contributed by atoms with E-state index >= 15 is 0 Å². The quantitative estimate of drug-likeness (QED) is 0.917. The van der Waals surface area contributed by atoms with Gasteiger partial charge in [-0.1, -0.05) is 12.1 Å². The summed E-state index contributed by atoms with van der Waals surface area (Å²) in [5, 5.41) is 3.30. The Bertz CT molecular complexity index is 503. The van der Waals surface area contributed by atoms with E-state index in [9.17, 15) is 4.79 Å². The van der Waals surface area contributed by atoms with Crippen molar-refractivity contribution < 1.29 is 14.3 Å². The first-order chi connectivity index (χ1) is 10.2. The first kappa shape index (κ1) is 14.4. The van der Waals surface area contributed by atoms with E-state index < -0.39 is 0 Å². The molecule has 2 fully saturated rings. The molecule has 0 spiro atoms. The van der Waals surface area contributed by atoms with Gasteiger partial charge in [0.15, 0.2) is 0 Å². The largest absolute Gasteiger partial charge is 0.494 e. The van der Waals surface area contributed by atoms with Gasteiger partial charge in [-0.25, -0.2) is 0 Å². The van der Waals surface area contributed by atoms with E-state index in [0.717, 1.165) is 24.3 Å². The molecule has 0 aliphatic carbocycles. The molecule has 1 aromatic carbocycles. The molecule has 1 amide bonds. The molecule has 1 N–H and O–H groups in total. The highest BCUT2D eigenvalue weighted by Gasteiger charge is 2.41. The van der Waals surface area contributed by atoms with Crippen LogP contribution in [0.1, 0.15) is 32.0 Å². The minimum Gasteiger partial charge on any atom is -0.494 e. The van der Waals surface area contributed by atoms with Gasteiger partial charge in [0, 0.05) is 6.61 Å². The standard InChI is InChI=1S/C16H22N2O3/c1-3-20-13-6-4-12(5-7-13)16-17-10-15(19)18(16)14-8-9-21-11(14)2/h4-7,11,14,16-17H,3,8-10H2,1-2H3. The number of rotatable bonds is 4. The number of carbonyl (C=O) groups is 1. The summed E-state index contributed by atoms with van der Waals surface area (Å²) in [6.45, 7) is 5.78. The van der Waals surface area contributed by atoms with E-state index in [1.165, 1.54) is 0 Å². The number of hydrogen-bond acceptors (Lipinski definition) is 4. The summed E-state index contributed by atoms with van der Waals surface area (Å²) in [7, 11) is 0. The lowest BCUT2D eigenvalue weighted by atomic mass is 10.1. The van der Waals surface area contributed by atoms with E-state index in [1.54, 1.807) is 0 Å². The lowest BCUT2D eigenvalue weighted by Crippen LogP contribution is -2.43. The minimum atomic E-state index is -0.0673. The van der Waals surface area contributed by atoms with Crippen molar-refractivity contribution in [3.8, 4) is 5.75 Å². The predicted octanol–water partition coefficient (Wildman–Crippen LogP) is 1.69. The molecule has 2 heterocycles. The number of nitrogens with one attached hydrogen (secondary N) is 1. The molecule has 5 nitrogen and oxygen atoms in total. The third-order valence-electron chi connectivity index (χ3n) is 4.21. The molecule has 2 aliphatic heterocycles.